The smallest absolute Gasteiger partial charge is 0.269 e. The van der Waals surface area contributed by atoms with Crippen LogP contribution in [-0.4, -0.2) is 67.5 Å². The Morgan fingerprint density at radius 2 is 1.77 bits per heavy atom. The lowest BCUT2D eigenvalue weighted by Crippen LogP contribution is -2.44. The van der Waals surface area contributed by atoms with E-state index in [1.54, 1.807) is 23.9 Å². The monoisotopic (exact) mass is 443 g/mol. The van der Waals surface area contributed by atoms with Gasteiger partial charge in [0.05, 0.1) is 24.7 Å². The van der Waals surface area contributed by atoms with Gasteiger partial charge in [0.2, 0.25) is 0 Å². The van der Waals surface area contributed by atoms with Gasteiger partial charge in [-0.05, 0) is 17.7 Å². The van der Waals surface area contributed by atoms with Crippen molar-refractivity contribution in [1.82, 2.24) is 15.5 Å². The second-order valence-electron chi connectivity index (χ2n) is 7.06. The molecule has 8 nitrogen and oxygen atoms in total. The van der Waals surface area contributed by atoms with Crippen molar-refractivity contribution in [3.8, 4) is 0 Å². The zero-order valence-corrected chi connectivity index (χ0v) is 18.4. The summed E-state index contributed by atoms with van der Waals surface area (Å²) >= 11 is 1.80. The molecule has 2 N–H and O–H groups in total. The van der Waals surface area contributed by atoms with Crippen molar-refractivity contribution in [2.45, 2.75) is 11.4 Å². The second kappa shape index (κ2) is 12.9. The molecule has 0 aromatic heterocycles. The molecule has 0 amide bonds. The normalized spacial score (nSPS) is 14.9. The predicted octanol–water partition coefficient (Wildman–Crippen LogP) is 2.75. The van der Waals surface area contributed by atoms with Crippen molar-refractivity contribution in [2.75, 3.05) is 51.7 Å². The fraction of sp³-hybridized carbons (Fsp3) is 0.409. The van der Waals surface area contributed by atoms with Crippen LogP contribution in [-0.2, 0) is 11.3 Å². The van der Waals surface area contributed by atoms with E-state index < -0.39 is 4.92 Å². The average molecular weight is 444 g/mol. The molecule has 0 radical (unpaired) electrons. The zero-order valence-electron chi connectivity index (χ0n) is 17.5. The Morgan fingerprint density at radius 1 is 1.06 bits per heavy atom. The fourth-order valence-electron chi connectivity index (χ4n) is 3.08. The van der Waals surface area contributed by atoms with Gasteiger partial charge in [0.25, 0.3) is 5.69 Å². The topological polar surface area (TPSA) is 92.0 Å². The van der Waals surface area contributed by atoms with Gasteiger partial charge in [0.15, 0.2) is 5.96 Å². The van der Waals surface area contributed by atoms with Crippen LogP contribution in [0.15, 0.2) is 64.5 Å². The number of nitrogens with one attached hydrogen (secondary N) is 2. The van der Waals surface area contributed by atoms with E-state index in [-0.39, 0.29) is 5.69 Å². The highest BCUT2D eigenvalue weighted by atomic mass is 32.2. The third kappa shape index (κ3) is 8.56. The number of rotatable bonds is 10. The first-order chi connectivity index (χ1) is 15.2. The van der Waals surface area contributed by atoms with Crippen molar-refractivity contribution in [1.29, 1.82) is 0 Å². The molecule has 0 atom stereocenters. The highest BCUT2D eigenvalue weighted by molar-refractivity contribution is 7.99. The van der Waals surface area contributed by atoms with Crippen molar-refractivity contribution in [3.63, 3.8) is 0 Å². The lowest BCUT2D eigenvalue weighted by molar-refractivity contribution is -0.384. The van der Waals surface area contributed by atoms with Crippen LogP contribution in [0.4, 0.5) is 5.69 Å². The standard InChI is InChI=1S/C22H29N5O3S/c28-27(29)20-8-6-19(7-9-20)18-25-22(23-10-12-26-13-15-30-16-14-26)24-11-17-31-21-4-2-1-3-5-21/h1-9H,10-18H2,(H2,23,24,25). The molecule has 2 aromatic carbocycles. The maximum Gasteiger partial charge on any atom is 0.269 e. The van der Waals surface area contributed by atoms with E-state index in [0.717, 1.165) is 63.2 Å². The van der Waals surface area contributed by atoms with Crippen LogP contribution < -0.4 is 10.6 Å². The number of ether oxygens (including phenoxy) is 1. The Hall–Kier alpha value is -2.62. The molecule has 0 saturated carbocycles. The molecule has 3 rings (SSSR count). The minimum atomic E-state index is -0.391. The number of thioether (sulfide) groups is 1. The van der Waals surface area contributed by atoms with Gasteiger partial charge in [-0.25, -0.2) is 4.99 Å². The van der Waals surface area contributed by atoms with Gasteiger partial charge in [0, 0.05) is 55.5 Å². The van der Waals surface area contributed by atoms with Crippen LogP contribution in [0, 0.1) is 10.1 Å². The lowest BCUT2D eigenvalue weighted by Gasteiger charge is -2.26. The Bertz CT molecular complexity index is 827. The minimum absolute atomic E-state index is 0.0904. The number of non-ortho nitro benzene ring substituents is 1. The highest BCUT2D eigenvalue weighted by Gasteiger charge is 2.10. The van der Waals surface area contributed by atoms with Crippen LogP contribution >= 0.6 is 11.8 Å². The van der Waals surface area contributed by atoms with Crippen LogP contribution in [0.5, 0.6) is 0 Å². The first kappa shape index (κ1) is 23.1. The van der Waals surface area contributed by atoms with Gasteiger partial charge in [-0.3, -0.25) is 15.0 Å². The molecular weight excluding hydrogens is 414 g/mol. The van der Waals surface area contributed by atoms with E-state index in [9.17, 15) is 10.1 Å². The number of aliphatic imine (C=N–C) groups is 1. The summed E-state index contributed by atoms with van der Waals surface area (Å²) in [5, 5.41) is 17.6. The van der Waals surface area contributed by atoms with Crippen LogP contribution in [0.25, 0.3) is 0 Å². The Kier molecular flexibility index (Phi) is 9.62. The molecule has 0 spiro atoms. The van der Waals surface area contributed by atoms with E-state index in [1.165, 1.54) is 17.0 Å². The number of benzene rings is 2. The van der Waals surface area contributed by atoms with E-state index in [0.29, 0.717) is 6.54 Å². The summed E-state index contributed by atoms with van der Waals surface area (Å²) in [7, 11) is 0. The SMILES string of the molecule is O=[N+]([O-])c1ccc(CN=C(NCCSc2ccccc2)NCCN2CCOCC2)cc1. The summed E-state index contributed by atoms with van der Waals surface area (Å²) < 4.78 is 5.40. The van der Waals surface area contributed by atoms with Crippen LogP contribution in [0.1, 0.15) is 5.56 Å². The number of hydrogen-bond donors (Lipinski definition) is 2. The maximum absolute atomic E-state index is 10.8. The van der Waals surface area contributed by atoms with Gasteiger partial charge < -0.3 is 15.4 Å². The third-order valence-electron chi connectivity index (χ3n) is 4.80. The first-order valence-corrected chi connectivity index (χ1v) is 11.4. The number of nitrogens with zero attached hydrogens (tertiary/aromatic N) is 3. The molecule has 1 aliphatic rings. The molecule has 1 heterocycles. The van der Waals surface area contributed by atoms with Crippen molar-refractivity contribution in [2.24, 2.45) is 4.99 Å². The quantitative estimate of drug-likeness (QED) is 0.146. The predicted molar refractivity (Wildman–Crippen MR) is 125 cm³/mol. The number of guanidine groups is 1. The van der Waals surface area contributed by atoms with E-state index in [1.807, 2.05) is 18.2 Å². The number of hydrogen-bond acceptors (Lipinski definition) is 6. The lowest BCUT2D eigenvalue weighted by atomic mass is 10.2. The molecule has 0 bridgehead atoms. The Balaban J connectivity index is 1.50. The van der Waals surface area contributed by atoms with Gasteiger partial charge in [-0.15, -0.1) is 11.8 Å². The molecule has 1 saturated heterocycles. The van der Waals surface area contributed by atoms with E-state index >= 15 is 0 Å². The van der Waals surface area contributed by atoms with Crippen molar-refractivity contribution in [3.05, 3.63) is 70.3 Å². The molecular formula is C22H29N5O3S. The number of nitro benzene ring substituents is 1. The zero-order chi connectivity index (χ0) is 21.7. The van der Waals surface area contributed by atoms with Gasteiger partial charge in [-0.2, -0.15) is 0 Å². The maximum atomic E-state index is 10.8. The van der Waals surface area contributed by atoms with Gasteiger partial charge in [-0.1, -0.05) is 30.3 Å². The number of morpholine rings is 1. The fourth-order valence-corrected chi connectivity index (χ4v) is 3.87. The average Bonchev–Trinajstić information content (AvgIpc) is 2.81. The summed E-state index contributed by atoms with van der Waals surface area (Å²) in [6, 6.07) is 16.8. The highest BCUT2D eigenvalue weighted by Crippen LogP contribution is 2.16. The summed E-state index contributed by atoms with van der Waals surface area (Å²) in [4.78, 5) is 18.7. The summed E-state index contributed by atoms with van der Waals surface area (Å²) in [6.07, 6.45) is 0. The Morgan fingerprint density at radius 3 is 2.48 bits per heavy atom. The van der Waals surface area contributed by atoms with Gasteiger partial charge in [0.1, 0.15) is 0 Å². The molecule has 0 aliphatic carbocycles. The molecule has 2 aromatic rings. The molecule has 1 fully saturated rings. The first-order valence-electron chi connectivity index (χ1n) is 10.4. The molecule has 166 valence electrons. The molecule has 1 aliphatic heterocycles. The van der Waals surface area contributed by atoms with E-state index in [4.69, 9.17) is 4.74 Å². The second-order valence-corrected chi connectivity index (χ2v) is 8.23. The molecule has 9 heteroatoms. The van der Waals surface area contributed by atoms with E-state index in [2.05, 4.69) is 32.7 Å². The van der Waals surface area contributed by atoms with Crippen LogP contribution in [0.2, 0.25) is 0 Å². The molecule has 0 unspecified atom stereocenters. The minimum Gasteiger partial charge on any atom is -0.379 e. The number of nitro groups is 1. The van der Waals surface area contributed by atoms with Crippen molar-refractivity contribution < 1.29 is 9.66 Å². The third-order valence-corrected chi connectivity index (χ3v) is 5.81. The molecule has 31 heavy (non-hydrogen) atoms. The summed E-state index contributed by atoms with van der Waals surface area (Å²) in [5.41, 5.74) is 1.02. The van der Waals surface area contributed by atoms with Crippen LogP contribution in [0.3, 0.4) is 0 Å². The summed E-state index contributed by atoms with van der Waals surface area (Å²) in [6.45, 7) is 6.44. The summed E-state index contributed by atoms with van der Waals surface area (Å²) in [5.74, 6) is 1.67. The largest absolute Gasteiger partial charge is 0.379 e. The van der Waals surface area contributed by atoms with Crippen molar-refractivity contribution >= 4 is 23.4 Å². The Labute approximate surface area is 187 Å². The van der Waals surface area contributed by atoms with Gasteiger partial charge >= 0.3 is 0 Å².